The molecule has 0 rings (SSSR count). The summed E-state index contributed by atoms with van der Waals surface area (Å²) in [5.41, 5.74) is 0. The van der Waals surface area contributed by atoms with Gasteiger partial charge < -0.3 is 23.4 Å². The second-order valence-electron chi connectivity index (χ2n) is 10.6. The van der Waals surface area contributed by atoms with Crippen molar-refractivity contribution in [2.45, 2.75) is 110 Å². The van der Waals surface area contributed by atoms with Crippen molar-refractivity contribution in [1.29, 1.82) is 0 Å². The molecule has 204 valence electrons. The van der Waals surface area contributed by atoms with Crippen molar-refractivity contribution < 1.29 is 32.7 Å². The quantitative estimate of drug-likeness (QED) is 0.0711. The third-order valence-corrected chi connectivity index (χ3v) is 7.11. The van der Waals surface area contributed by atoms with E-state index in [0.29, 0.717) is 17.6 Å². The van der Waals surface area contributed by atoms with E-state index < -0.39 is 19.7 Å². The van der Waals surface area contributed by atoms with Crippen LogP contribution in [0.15, 0.2) is 0 Å². The minimum atomic E-state index is -3.72. The second-order valence-corrected chi connectivity index (χ2v) is 12.6. The summed E-state index contributed by atoms with van der Waals surface area (Å²) in [5.74, 6) is -0.451. The molecular formula is C26H55NO6P+. The average molecular weight is 509 g/mol. The lowest BCUT2D eigenvalue weighted by molar-refractivity contribution is -0.867. The van der Waals surface area contributed by atoms with Gasteiger partial charge in [-0.1, -0.05) is 90.4 Å². The van der Waals surface area contributed by atoms with Crippen LogP contribution in [0.25, 0.3) is 0 Å². The van der Waals surface area contributed by atoms with Crippen LogP contribution in [0.2, 0.25) is 0 Å². The van der Waals surface area contributed by atoms with Crippen LogP contribution < -0.4 is 0 Å². The first-order chi connectivity index (χ1) is 16.1. The predicted octanol–water partition coefficient (Wildman–Crippen LogP) is 6.32. The van der Waals surface area contributed by atoms with E-state index in [-0.39, 0.29) is 19.4 Å². The van der Waals surface area contributed by atoms with E-state index in [0.717, 1.165) is 12.8 Å². The Hall–Kier alpha value is -0.460. The molecule has 0 amide bonds. The Morgan fingerprint density at radius 3 is 1.74 bits per heavy atom. The van der Waals surface area contributed by atoms with Crippen LogP contribution in [-0.4, -0.2) is 75.1 Å². The van der Waals surface area contributed by atoms with E-state index in [4.69, 9.17) is 14.0 Å². The van der Waals surface area contributed by atoms with Crippen molar-refractivity contribution in [3.05, 3.63) is 0 Å². The van der Waals surface area contributed by atoms with E-state index in [1.54, 1.807) is 0 Å². The molecule has 2 unspecified atom stereocenters. The lowest BCUT2D eigenvalue weighted by atomic mass is 10.0. The summed E-state index contributed by atoms with van der Waals surface area (Å²) in [5, 5.41) is 0. The van der Waals surface area contributed by atoms with Crippen LogP contribution in [0.4, 0.5) is 0 Å². The third kappa shape index (κ3) is 24.7. The lowest BCUT2D eigenvalue weighted by Crippen LogP contribution is -2.37. The molecule has 0 aromatic heterocycles. The first-order valence-corrected chi connectivity index (χ1v) is 15.3. The van der Waals surface area contributed by atoms with Crippen LogP contribution in [0.5, 0.6) is 0 Å². The highest BCUT2D eigenvalue weighted by Crippen LogP contribution is 2.41. The molecule has 0 spiro atoms. The number of hydrogen-bond acceptors (Lipinski definition) is 5. The summed E-state index contributed by atoms with van der Waals surface area (Å²) in [6, 6.07) is 0. The molecule has 0 radical (unpaired) electrons. The molecule has 0 aliphatic rings. The Labute approximate surface area is 210 Å². The van der Waals surface area contributed by atoms with Gasteiger partial charge in [0.15, 0.2) is 0 Å². The van der Waals surface area contributed by atoms with Gasteiger partial charge in [-0.25, -0.2) is 0 Å². The number of unbranched alkanes of at least 4 members (excludes halogenated alkanes) is 13. The van der Waals surface area contributed by atoms with Gasteiger partial charge in [0, 0.05) is 13.5 Å². The Balaban J connectivity index is 3.76. The standard InChI is InChI=1S/C26H54NO6P/c1-6-7-8-9-10-11-12-13-14-15-16-17-18-19-21-31-23-26(33-25(2)28)24-32-34(29,30)22-20-27(3,4)5/h26H,6-24H2,1-5H3/p+1. The van der Waals surface area contributed by atoms with Gasteiger partial charge in [0.2, 0.25) is 0 Å². The maximum Gasteiger partial charge on any atom is 0.333 e. The molecule has 0 saturated carbocycles. The molecule has 0 fully saturated rings. The highest BCUT2D eigenvalue weighted by Gasteiger charge is 2.26. The molecule has 0 aliphatic heterocycles. The smallest absolute Gasteiger partial charge is 0.333 e. The number of rotatable bonds is 24. The molecule has 1 N–H and O–H groups in total. The number of hydrogen-bond donors (Lipinski definition) is 1. The van der Waals surface area contributed by atoms with E-state index in [2.05, 4.69) is 6.92 Å². The van der Waals surface area contributed by atoms with Crippen LogP contribution in [0, 0.1) is 0 Å². The zero-order valence-electron chi connectivity index (χ0n) is 22.9. The fourth-order valence-corrected chi connectivity index (χ4v) is 5.04. The van der Waals surface area contributed by atoms with Gasteiger partial charge in [-0.05, 0) is 6.42 Å². The van der Waals surface area contributed by atoms with Crippen molar-refractivity contribution in [3.63, 3.8) is 0 Å². The van der Waals surface area contributed by atoms with Crippen molar-refractivity contribution in [3.8, 4) is 0 Å². The van der Waals surface area contributed by atoms with Gasteiger partial charge in [-0.2, -0.15) is 0 Å². The van der Waals surface area contributed by atoms with Crippen LogP contribution >= 0.6 is 7.60 Å². The largest absolute Gasteiger partial charge is 0.458 e. The van der Waals surface area contributed by atoms with Gasteiger partial charge in [0.1, 0.15) is 6.10 Å². The summed E-state index contributed by atoms with van der Waals surface area (Å²) >= 11 is 0. The maximum absolute atomic E-state index is 12.2. The Morgan fingerprint density at radius 2 is 1.29 bits per heavy atom. The molecule has 0 bridgehead atoms. The Kier molecular flexibility index (Phi) is 20.4. The zero-order chi connectivity index (χ0) is 25.7. The number of ether oxygens (including phenoxy) is 2. The molecule has 2 atom stereocenters. The summed E-state index contributed by atoms with van der Waals surface area (Å²) in [6.07, 6.45) is 17.7. The van der Waals surface area contributed by atoms with Crippen LogP contribution in [-0.2, 0) is 23.4 Å². The predicted molar refractivity (Wildman–Crippen MR) is 140 cm³/mol. The van der Waals surface area contributed by atoms with Crippen molar-refractivity contribution in [1.82, 2.24) is 0 Å². The summed E-state index contributed by atoms with van der Waals surface area (Å²) in [6.45, 7) is 4.72. The fourth-order valence-electron chi connectivity index (χ4n) is 3.65. The summed E-state index contributed by atoms with van der Waals surface area (Å²) in [7, 11) is 2.13. The van der Waals surface area contributed by atoms with E-state index in [1.807, 2.05) is 21.1 Å². The van der Waals surface area contributed by atoms with Gasteiger partial charge in [-0.3, -0.25) is 9.36 Å². The molecule has 7 nitrogen and oxygen atoms in total. The number of quaternary nitrogens is 1. The highest BCUT2D eigenvalue weighted by molar-refractivity contribution is 7.52. The molecule has 34 heavy (non-hydrogen) atoms. The third-order valence-electron chi connectivity index (χ3n) is 5.79. The molecular weight excluding hydrogens is 453 g/mol. The van der Waals surface area contributed by atoms with E-state index in [1.165, 1.54) is 84.0 Å². The first kappa shape index (κ1) is 33.5. The van der Waals surface area contributed by atoms with Gasteiger partial charge >= 0.3 is 13.6 Å². The number of esters is 1. The summed E-state index contributed by atoms with van der Waals surface area (Å²) < 4.78 is 28.8. The highest BCUT2D eigenvalue weighted by atomic mass is 31.2. The molecule has 0 aromatic carbocycles. The molecule has 0 aromatic rings. The Bertz CT molecular complexity index is 538. The second kappa shape index (κ2) is 20.7. The topological polar surface area (TPSA) is 82.1 Å². The number of carbonyl (C=O) groups is 1. The van der Waals surface area contributed by atoms with Crippen molar-refractivity contribution in [2.24, 2.45) is 0 Å². The first-order valence-electron chi connectivity index (χ1n) is 13.6. The van der Waals surface area contributed by atoms with Gasteiger partial charge in [0.05, 0.1) is 47.1 Å². The van der Waals surface area contributed by atoms with E-state index >= 15 is 0 Å². The lowest BCUT2D eigenvalue weighted by Gasteiger charge is -2.25. The SMILES string of the molecule is CCCCCCCCCCCCCCCCOCC(COP(=O)(O)CC[N+](C)(C)C)OC(C)=O. The molecule has 0 saturated heterocycles. The maximum atomic E-state index is 12.2. The molecule has 0 aliphatic carbocycles. The van der Waals surface area contributed by atoms with Gasteiger partial charge in [0.25, 0.3) is 0 Å². The normalized spacial score (nSPS) is 14.6. The zero-order valence-corrected chi connectivity index (χ0v) is 23.8. The summed E-state index contributed by atoms with van der Waals surface area (Å²) in [4.78, 5) is 21.4. The molecule has 0 heterocycles. The molecule has 8 heteroatoms. The number of carbonyl (C=O) groups excluding carboxylic acids is 1. The Morgan fingerprint density at radius 1 is 0.824 bits per heavy atom. The average Bonchev–Trinajstić information content (AvgIpc) is 2.75. The van der Waals surface area contributed by atoms with Crippen molar-refractivity contribution >= 4 is 13.6 Å². The fraction of sp³-hybridized carbons (Fsp3) is 0.962. The monoisotopic (exact) mass is 508 g/mol. The van der Waals surface area contributed by atoms with Crippen molar-refractivity contribution in [2.75, 3.05) is 53.7 Å². The minimum absolute atomic E-state index is 0.0587. The minimum Gasteiger partial charge on any atom is -0.458 e. The van der Waals surface area contributed by atoms with Crippen LogP contribution in [0.1, 0.15) is 104 Å². The van der Waals surface area contributed by atoms with Gasteiger partial charge in [-0.15, -0.1) is 0 Å². The number of nitrogens with zero attached hydrogens (tertiary/aromatic N) is 1. The van der Waals surface area contributed by atoms with Crippen LogP contribution in [0.3, 0.4) is 0 Å². The van der Waals surface area contributed by atoms with E-state index in [9.17, 15) is 14.3 Å².